The molecule has 4 amide bonds. The Morgan fingerprint density at radius 1 is 0.476 bits per heavy atom. The highest BCUT2D eigenvalue weighted by atomic mass is 35.5. The van der Waals surface area contributed by atoms with Gasteiger partial charge in [0, 0.05) is 95.7 Å². The maximum Gasteiger partial charge on any atom is 0.319 e. The monoisotopic (exact) mass is 1250 g/mol. The number of sulfonamides is 2. The molecule has 2 aliphatic heterocycles. The van der Waals surface area contributed by atoms with Crippen LogP contribution in [0.4, 0.5) is 21.0 Å². The van der Waals surface area contributed by atoms with Crippen LogP contribution in [0, 0.1) is 0 Å². The molecule has 6 N–H and O–H groups in total. The minimum atomic E-state index is -3.79. The van der Waals surface area contributed by atoms with E-state index in [1.807, 2.05) is 38.4 Å². The summed E-state index contributed by atoms with van der Waals surface area (Å²) in [7, 11) is -3.58. The van der Waals surface area contributed by atoms with Crippen molar-refractivity contribution < 1.29 is 54.8 Å². The van der Waals surface area contributed by atoms with Crippen molar-refractivity contribution in [2.75, 3.05) is 143 Å². The molecule has 82 heavy (non-hydrogen) atoms. The molecule has 5 aromatic carbocycles. The molecule has 20 nitrogen and oxygen atoms in total. The summed E-state index contributed by atoms with van der Waals surface area (Å²) >= 11 is 25.7. The van der Waals surface area contributed by atoms with Gasteiger partial charge in [0.05, 0.1) is 89.1 Å². The van der Waals surface area contributed by atoms with E-state index in [1.54, 1.807) is 72.8 Å². The van der Waals surface area contributed by atoms with Crippen LogP contribution < -0.4 is 30.7 Å². The minimum absolute atomic E-state index is 0.0848. The van der Waals surface area contributed by atoms with Gasteiger partial charge < -0.3 is 59.5 Å². The SMILES string of the molecule is CN1Cc2c(Cl)cc(Cl)cc2[C@H](c2cccc(S(=O)(=O)NCCOCCOCCOCCNC(=O)Nc3ccc(NC(=O)NCCOCCOCCOCCNS(=O)(=O)c4cccc([C@@H]5CN(C)Cc6c(Cl)cc(Cl)cc65)c4)cc3)c2)C1. The van der Waals surface area contributed by atoms with E-state index in [4.69, 9.17) is 74.8 Å². The zero-order chi connectivity index (χ0) is 58.5. The lowest BCUT2D eigenvalue weighted by molar-refractivity contribution is 0.0165. The molecule has 7 rings (SSSR count). The quantitative estimate of drug-likeness (QED) is 0.0226. The zero-order valence-corrected chi connectivity index (χ0v) is 50.3. The van der Waals surface area contributed by atoms with Gasteiger partial charge in [0.25, 0.3) is 0 Å². The number of nitrogens with zero attached hydrogens (tertiary/aromatic N) is 2. The Labute approximate surface area is 500 Å². The number of hydrogen-bond donors (Lipinski definition) is 6. The average Bonchev–Trinajstić information content (AvgIpc) is 3.58. The van der Waals surface area contributed by atoms with Crippen LogP contribution in [0.5, 0.6) is 0 Å². The Balaban J connectivity index is 0.638. The summed E-state index contributed by atoms with van der Waals surface area (Å²) in [5, 5.41) is 13.1. The lowest BCUT2D eigenvalue weighted by atomic mass is 9.85. The maximum absolute atomic E-state index is 13.2. The number of nitrogens with one attached hydrogen (secondary N) is 6. The summed E-state index contributed by atoms with van der Waals surface area (Å²) < 4.78 is 91.0. The summed E-state index contributed by atoms with van der Waals surface area (Å²) in [6.07, 6.45) is 0. The highest BCUT2D eigenvalue weighted by molar-refractivity contribution is 7.89. The molecule has 0 fully saturated rings. The van der Waals surface area contributed by atoms with Crippen molar-refractivity contribution in [3.8, 4) is 0 Å². The van der Waals surface area contributed by atoms with Crippen LogP contribution in [0.15, 0.2) is 107 Å². The summed E-state index contributed by atoms with van der Waals surface area (Å²) in [6, 6.07) is 26.8. The Hall–Kier alpha value is -4.70. The van der Waals surface area contributed by atoms with Crippen molar-refractivity contribution in [3.05, 3.63) is 151 Å². The van der Waals surface area contributed by atoms with Gasteiger partial charge in [0.2, 0.25) is 20.0 Å². The van der Waals surface area contributed by atoms with Crippen molar-refractivity contribution in [2.45, 2.75) is 34.7 Å². The summed E-state index contributed by atoms with van der Waals surface area (Å²) in [6.45, 7) is 6.59. The van der Waals surface area contributed by atoms with Gasteiger partial charge >= 0.3 is 12.1 Å². The van der Waals surface area contributed by atoms with Crippen LogP contribution >= 0.6 is 46.4 Å². The number of anilines is 2. The first-order chi connectivity index (χ1) is 39.5. The van der Waals surface area contributed by atoms with Crippen LogP contribution in [0.1, 0.15) is 45.2 Å². The van der Waals surface area contributed by atoms with Crippen molar-refractivity contribution in [2.24, 2.45) is 0 Å². The Bertz CT molecular complexity index is 2930. The van der Waals surface area contributed by atoms with E-state index >= 15 is 0 Å². The van der Waals surface area contributed by atoms with Crippen LogP contribution in [0.3, 0.4) is 0 Å². The Morgan fingerprint density at radius 2 is 0.817 bits per heavy atom. The molecule has 0 bridgehead atoms. The number of carbonyl (C=O) groups excluding carboxylic acids is 2. The van der Waals surface area contributed by atoms with Crippen molar-refractivity contribution in [1.29, 1.82) is 0 Å². The first-order valence-electron chi connectivity index (χ1n) is 26.6. The normalized spacial score (nSPS) is 15.6. The van der Waals surface area contributed by atoms with Gasteiger partial charge in [0.1, 0.15) is 0 Å². The molecular formula is C56H70Cl4N8O12S2. The van der Waals surface area contributed by atoms with Crippen molar-refractivity contribution >= 4 is 89.9 Å². The van der Waals surface area contributed by atoms with E-state index in [2.05, 4.69) is 40.5 Å². The third-order valence-corrected chi connectivity index (χ3v) is 17.2. The standard InChI is InChI=1S/C56H70Cl4N8O12S2/c1-67-35-49(47-31-41(57)33-53(59)51(47)37-67)39-5-3-7-45(29-39)81(71,72)63-15-19-77-23-27-79-25-21-75-17-13-61-55(69)65-43-9-11-44(12-10-43)66-56(70)62-14-18-76-22-26-80-28-24-78-20-16-64-82(73,74)46-8-4-6-40(30-46)50-36-68(2)38-52-48(50)32-42(58)34-54(52)60/h3-12,29-34,49-50,63-64H,13-28,35-38H2,1-2H3,(H2,61,65,69)(H2,62,66,70)/t49-,50-/m0/s1. The van der Waals surface area contributed by atoms with Crippen LogP contribution in [-0.4, -0.2) is 171 Å². The molecule has 0 spiro atoms. The fourth-order valence-electron chi connectivity index (χ4n) is 9.27. The van der Waals surface area contributed by atoms with E-state index in [0.717, 1.165) is 33.4 Å². The number of fused-ring (bicyclic) bond motifs is 2. The second-order valence-electron chi connectivity index (χ2n) is 19.4. The fourth-order valence-corrected chi connectivity index (χ4v) is 12.5. The van der Waals surface area contributed by atoms with Crippen molar-refractivity contribution in [1.82, 2.24) is 29.9 Å². The van der Waals surface area contributed by atoms with Gasteiger partial charge in [-0.3, -0.25) is 0 Å². The van der Waals surface area contributed by atoms with Crippen LogP contribution in [0.25, 0.3) is 0 Å². The maximum atomic E-state index is 13.2. The van der Waals surface area contributed by atoms with E-state index in [-0.39, 0.29) is 87.4 Å². The number of rotatable bonds is 32. The summed E-state index contributed by atoms with van der Waals surface area (Å²) in [5.41, 5.74) is 6.71. The number of likely N-dealkylation sites (N-methyl/N-ethyl adjacent to an activating group) is 2. The average molecular weight is 1250 g/mol. The molecule has 0 saturated heterocycles. The molecular weight excluding hydrogens is 1180 g/mol. The topological polar surface area (TPSA) is 236 Å². The van der Waals surface area contributed by atoms with E-state index in [9.17, 15) is 26.4 Å². The molecule has 2 heterocycles. The van der Waals surface area contributed by atoms with E-state index in [1.165, 1.54) is 0 Å². The molecule has 0 unspecified atom stereocenters. The Kier molecular flexibility index (Phi) is 25.7. The zero-order valence-electron chi connectivity index (χ0n) is 45.7. The number of halogens is 4. The minimum Gasteiger partial charge on any atom is -0.378 e. The smallest absolute Gasteiger partial charge is 0.319 e. The third-order valence-electron chi connectivity index (χ3n) is 13.2. The van der Waals surface area contributed by atoms with Crippen molar-refractivity contribution in [3.63, 3.8) is 0 Å². The molecule has 2 aliphatic rings. The van der Waals surface area contributed by atoms with Gasteiger partial charge in [-0.2, -0.15) is 0 Å². The first-order valence-corrected chi connectivity index (χ1v) is 31.1. The molecule has 0 aromatic heterocycles. The predicted molar refractivity (Wildman–Crippen MR) is 318 cm³/mol. The molecule has 0 radical (unpaired) electrons. The molecule has 5 aromatic rings. The number of amides is 4. The number of carbonyl (C=O) groups is 2. The summed E-state index contributed by atoms with van der Waals surface area (Å²) in [4.78, 5) is 29.4. The Morgan fingerprint density at radius 3 is 1.18 bits per heavy atom. The lowest BCUT2D eigenvalue weighted by Crippen LogP contribution is -2.32. The number of hydrogen-bond acceptors (Lipinski definition) is 14. The fraction of sp³-hybridized carbons (Fsp3) is 0.429. The van der Waals surface area contributed by atoms with Gasteiger partial charge in [-0.15, -0.1) is 0 Å². The highest BCUT2D eigenvalue weighted by Crippen LogP contribution is 2.40. The van der Waals surface area contributed by atoms with Crippen LogP contribution in [-0.2, 0) is 61.6 Å². The van der Waals surface area contributed by atoms with E-state index in [0.29, 0.717) is 97.3 Å². The third kappa shape index (κ3) is 20.2. The molecule has 0 saturated carbocycles. The second kappa shape index (κ2) is 32.5. The number of benzene rings is 5. The molecule has 0 aliphatic carbocycles. The van der Waals surface area contributed by atoms with Crippen LogP contribution in [0.2, 0.25) is 20.1 Å². The highest BCUT2D eigenvalue weighted by Gasteiger charge is 2.30. The number of ether oxygens (including phenoxy) is 6. The van der Waals surface area contributed by atoms with Gasteiger partial charge in [-0.05, 0) is 120 Å². The first kappa shape index (κ1) is 64.9. The van der Waals surface area contributed by atoms with Gasteiger partial charge in [0.15, 0.2) is 0 Å². The molecule has 2 atom stereocenters. The largest absolute Gasteiger partial charge is 0.378 e. The predicted octanol–water partition coefficient (Wildman–Crippen LogP) is 7.75. The second-order valence-corrected chi connectivity index (χ2v) is 24.6. The summed E-state index contributed by atoms with van der Waals surface area (Å²) in [5.74, 6) is -0.190. The number of urea groups is 2. The van der Waals surface area contributed by atoms with E-state index < -0.39 is 32.1 Å². The molecule has 446 valence electrons. The van der Waals surface area contributed by atoms with Gasteiger partial charge in [-0.1, -0.05) is 70.7 Å². The molecule has 26 heteroatoms. The lowest BCUT2D eigenvalue weighted by Gasteiger charge is -2.33. The van der Waals surface area contributed by atoms with Gasteiger partial charge in [-0.25, -0.2) is 35.9 Å².